The fourth-order valence-corrected chi connectivity index (χ4v) is 3.30. The van der Waals surface area contributed by atoms with Gasteiger partial charge < -0.3 is 9.67 Å². The van der Waals surface area contributed by atoms with E-state index in [4.69, 9.17) is 4.98 Å². The summed E-state index contributed by atoms with van der Waals surface area (Å²) in [6.07, 6.45) is 5.14. The molecule has 1 aromatic carbocycles. The molecular weight excluding hydrogens is 238 g/mol. The molecule has 1 aromatic heterocycles. The number of benzene rings is 1. The minimum Gasteiger partial charge on any atom is -0.508 e. The molecule has 1 N–H and O–H groups in total. The maximum Gasteiger partial charge on any atom is 0.117 e. The van der Waals surface area contributed by atoms with E-state index in [1.807, 2.05) is 12.1 Å². The van der Waals surface area contributed by atoms with Crippen molar-refractivity contribution in [2.75, 3.05) is 13.1 Å². The first-order valence-electron chi connectivity index (χ1n) is 7.23. The average molecular weight is 257 g/mol. The molecule has 0 amide bonds. The summed E-state index contributed by atoms with van der Waals surface area (Å²) in [4.78, 5) is 7.34. The molecule has 4 rings (SSSR count). The summed E-state index contributed by atoms with van der Waals surface area (Å²) in [5, 5.41) is 9.66. The van der Waals surface area contributed by atoms with Crippen LogP contribution in [0.4, 0.5) is 0 Å². The van der Waals surface area contributed by atoms with E-state index >= 15 is 0 Å². The van der Waals surface area contributed by atoms with Gasteiger partial charge in [0, 0.05) is 38.2 Å². The number of hydrogen-bond acceptors (Lipinski definition) is 3. The molecule has 1 aliphatic carbocycles. The van der Waals surface area contributed by atoms with Crippen LogP contribution in [0.15, 0.2) is 18.2 Å². The van der Waals surface area contributed by atoms with Crippen LogP contribution in [0.2, 0.25) is 0 Å². The molecule has 1 saturated carbocycles. The number of aromatic nitrogens is 2. The Hall–Kier alpha value is -1.55. The van der Waals surface area contributed by atoms with Gasteiger partial charge in [-0.2, -0.15) is 0 Å². The monoisotopic (exact) mass is 257 g/mol. The molecule has 2 aliphatic rings. The SMILES string of the molecule is Oc1ccc2nc3n(c2c1)CCN(C1CCC1)CC3. The first-order chi connectivity index (χ1) is 9.31. The highest BCUT2D eigenvalue weighted by Crippen LogP contribution is 2.28. The van der Waals surface area contributed by atoms with Crippen molar-refractivity contribution in [1.82, 2.24) is 14.5 Å². The predicted molar refractivity (Wildman–Crippen MR) is 74.3 cm³/mol. The zero-order chi connectivity index (χ0) is 12.8. The van der Waals surface area contributed by atoms with Gasteiger partial charge in [-0.05, 0) is 25.0 Å². The Morgan fingerprint density at radius 1 is 1.16 bits per heavy atom. The third-order valence-electron chi connectivity index (χ3n) is 4.64. The van der Waals surface area contributed by atoms with Crippen LogP contribution >= 0.6 is 0 Å². The fraction of sp³-hybridized carbons (Fsp3) is 0.533. The highest BCUT2D eigenvalue weighted by atomic mass is 16.3. The number of aromatic hydroxyl groups is 1. The molecule has 100 valence electrons. The van der Waals surface area contributed by atoms with Gasteiger partial charge in [-0.3, -0.25) is 4.90 Å². The van der Waals surface area contributed by atoms with Gasteiger partial charge in [0.25, 0.3) is 0 Å². The largest absolute Gasteiger partial charge is 0.508 e. The van der Waals surface area contributed by atoms with Crippen molar-refractivity contribution < 1.29 is 5.11 Å². The first-order valence-corrected chi connectivity index (χ1v) is 7.23. The van der Waals surface area contributed by atoms with E-state index in [-0.39, 0.29) is 0 Å². The van der Waals surface area contributed by atoms with Crippen LogP contribution < -0.4 is 0 Å². The van der Waals surface area contributed by atoms with Crippen molar-refractivity contribution in [3.63, 3.8) is 0 Å². The first kappa shape index (κ1) is 11.3. The van der Waals surface area contributed by atoms with E-state index in [2.05, 4.69) is 9.47 Å². The van der Waals surface area contributed by atoms with Gasteiger partial charge in [-0.15, -0.1) is 0 Å². The van der Waals surface area contributed by atoms with Crippen LogP contribution in [0.25, 0.3) is 11.0 Å². The summed E-state index contributed by atoms with van der Waals surface area (Å²) in [5.41, 5.74) is 2.08. The summed E-state index contributed by atoms with van der Waals surface area (Å²) < 4.78 is 2.29. The van der Waals surface area contributed by atoms with Crippen LogP contribution in [-0.2, 0) is 13.0 Å². The van der Waals surface area contributed by atoms with Crippen molar-refractivity contribution in [3.05, 3.63) is 24.0 Å². The maximum absolute atomic E-state index is 9.66. The predicted octanol–water partition coefficient (Wildman–Crippen LogP) is 2.15. The molecule has 19 heavy (non-hydrogen) atoms. The van der Waals surface area contributed by atoms with Gasteiger partial charge in [-0.25, -0.2) is 4.98 Å². The Bertz CT molecular complexity index is 615. The number of rotatable bonds is 1. The summed E-state index contributed by atoms with van der Waals surface area (Å²) in [6.45, 7) is 3.23. The number of nitrogens with zero attached hydrogens (tertiary/aromatic N) is 3. The van der Waals surface area contributed by atoms with Crippen molar-refractivity contribution in [2.24, 2.45) is 0 Å². The maximum atomic E-state index is 9.66. The lowest BCUT2D eigenvalue weighted by Crippen LogP contribution is -2.41. The number of imidazole rings is 1. The van der Waals surface area contributed by atoms with Crippen LogP contribution in [0, 0.1) is 0 Å². The van der Waals surface area contributed by atoms with Gasteiger partial charge >= 0.3 is 0 Å². The Kier molecular flexibility index (Phi) is 2.52. The van der Waals surface area contributed by atoms with E-state index in [0.717, 1.165) is 43.1 Å². The lowest BCUT2D eigenvalue weighted by molar-refractivity contribution is 0.130. The molecular formula is C15H19N3O. The van der Waals surface area contributed by atoms with Gasteiger partial charge in [0.1, 0.15) is 11.6 Å². The molecule has 1 aliphatic heterocycles. The molecule has 2 heterocycles. The standard InChI is InChI=1S/C15H19N3O/c19-12-4-5-13-14(10-12)18-9-8-17(11-2-1-3-11)7-6-15(18)16-13/h4-5,10-11,19H,1-3,6-9H2. The van der Waals surface area contributed by atoms with Gasteiger partial charge in [0.05, 0.1) is 11.0 Å². The molecule has 0 spiro atoms. The smallest absolute Gasteiger partial charge is 0.117 e. The van der Waals surface area contributed by atoms with Crippen molar-refractivity contribution in [1.29, 1.82) is 0 Å². The zero-order valence-electron chi connectivity index (χ0n) is 11.0. The fourth-order valence-electron chi connectivity index (χ4n) is 3.30. The summed E-state index contributed by atoms with van der Waals surface area (Å²) >= 11 is 0. The molecule has 1 fully saturated rings. The quantitative estimate of drug-likeness (QED) is 0.851. The number of phenolic OH excluding ortho intramolecular Hbond substituents is 1. The van der Waals surface area contributed by atoms with Crippen molar-refractivity contribution in [3.8, 4) is 5.75 Å². The summed E-state index contributed by atoms with van der Waals surface area (Å²) in [5.74, 6) is 1.50. The summed E-state index contributed by atoms with van der Waals surface area (Å²) in [6, 6.07) is 6.28. The Labute approximate surface area is 112 Å². The Morgan fingerprint density at radius 2 is 2.05 bits per heavy atom. The topological polar surface area (TPSA) is 41.3 Å². The van der Waals surface area contributed by atoms with Gasteiger partial charge in [0.15, 0.2) is 0 Å². The van der Waals surface area contributed by atoms with Crippen LogP contribution in [0.5, 0.6) is 5.75 Å². The summed E-state index contributed by atoms with van der Waals surface area (Å²) in [7, 11) is 0. The molecule has 0 bridgehead atoms. The number of hydrogen-bond donors (Lipinski definition) is 1. The third-order valence-corrected chi connectivity index (χ3v) is 4.64. The second-order valence-electron chi connectivity index (χ2n) is 5.72. The molecule has 4 heteroatoms. The minimum atomic E-state index is 0.329. The van der Waals surface area contributed by atoms with Crippen molar-refractivity contribution >= 4 is 11.0 Å². The number of fused-ring (bicyclic) bond motifs is 3. The van der Waals surface area contributed by atoms with E-state index in [0.29, 0.717) is 5.75 Å². The van der Waals surface area contributed by atoms with Crippen LogP contribution in [0.3, 0.4) is 0 Å². The highest BCUT2D eigenvalue weighted by molar-refractivity contribution is 5.77. The molecule has 4 nitrogen and oxygen atoms in total. The Morgan fingerprint density at radius 3 is 2.84 bits per heavy atom. The zero-order valence-corrected chi connectivity index (χ0v) is 11.0. The van der Waals surface area contributed by atoms with Crippen molar-refractivity contribution in [2.45, 2.75) is 38.3 Å². The Balaban J connectivity index is 1.67. The number of phenols is 1. The second-order valence-corrected chi connectivity index (χ2v) is 5.72. The van der Waals surface area contributed by atoms with E-state index in [9.17, 15) is 5.11 Å². The molecule has 0 radical (unpaired) electrons. The third kappa shape index (κ3) is 1.82. The van der Waals surface area contributed by atoms with Crippen LogP contribution in [0.1, 0.15) is 25.1 Å². The van der Waals surface area contributed by atoms with Crippen LogP contribution in [-0.4, -0.2) is 38.7 Å². The van der Waals surface area contributed by atoms with E-state index in [1.165, 1.54) is 25.1 Å². The van der Waals surface area contributed by atoms with E-state index in [1.54, 1.807) is 6.07 Å². The van der Waals surface area contributed by atoms with Gasteiger partial charge in [0.2, 0.25) is 0 Å². The van der Waals surface area contributed by atoms with Gasteiger partial charge in [-0.1, -0.05) is 6.42 Å². The normalized spacial score (nSPS) is 21.1. The lowest BCUT2D eigenvalue weighted by Gasteiger charge is -2.36. The molecule has 2 aromatic rings. The average Bonchev–Trinajstić information content (AvgIpc) is 2.54. The molecule has 0 atom stereocenters. The molecule has 0 saturated heterocycles. The minimum absolute atomic E-state index is 0.329. The lowest BCUT2D eigenvalue weighted by atomic mass is 9.91. The second kappa shape index (κ2) is 4.23. The molecule has 0 unspecified atom stereocenters. The highest BCUT2D eigenvalue weighted by Gasteiger charge is 2.27. The van der Waals surface area contributed by atoms with E-state index < -0.39 is 0 Å².